The van der Waals surface area contributed by atoms with E-state index in [1.165, 1.54) is 11.8 Å². The summed E-state index contributed by atoms with van der Waals surface area (Å²) in [5, 5.41) is 3.38. The molecule has 0 saturated carbocycles. The Morgan fingerprint density at radius 1 is 0.906 bits per heavy atom. The smallest absolute Gasteiger partial charge is 0.257 e. The number of carbonyl (C=O) groups is 1. The van der Waals surface area contributed by atoms with Crippen molar-refractivity contribution in [1.82, 2.24) is 10.3 Å². The molecule has 0 fully saturated rings. The molecule has 1 amide bonds. The molecule has 5 rings (SSSR count). The molecule has 1 aromatic heterocycles. The fourth-order valence-electron chi connectivity index (χ4n) is 3.37. The van der Waals surface area contributed by atoms with Gasteiger partial charge < -0.3 is 19.2 Å². The fraction of sp³-hybridized carbons (Fsp3) is 0.120. The molecule has 0 spiro atoms. The average molecular weight is 445 g/mol. The van der Waals surface area contributed by atoms with Crippen molar-refractivity contribution >= 4 is 17.7 Å². The number of carbonyl (C=O) groups excluding carboxylic acids is 1. The molecule has 3 aromatic carbocycles. The predicted octanol–water partition coefficient (Wildman–Crippen LogP) is 5.15. The minimum Gasteiger partial charge on any atom is -0.454 e. The molecule has 32 heavy (non-hydrogen) atoms. The second-order valence-electron chi connectivity index (χ2n) is 7.14. The molecular weight excluding hydrogens is 424 g/mol. The number of aromatic nitrogens is 1. The summed E-state index contributed by atoms with van der Waals surface area (Å²) in [6.07, 6.45) is 0. The van der Waals surface area contributed by atoms with Crippen LogP contribution in [0.5, 0.6) is 11.5 Å². The van der Waals surface area contributed by atoms with Gasteiger partial charge in [0.2, 0.25) is 12.7 Å². The Morgan fingerprint density at radius 2 is 1.62 bits per heavy atom. The van der Waals surface area contributed by atoms with Crippen molar-refractivity contribution in [2.24, 2.45) is 0 Å². The van der Waals surface area contributed by atoms with Crippen molar-refractivity contribution in [2.75, 3.05) is 12.5 Å². The van der Waals surface area contributed by atoms with E-state index in [4.69, 9.17) is 13.9 Å². The summed E-state index contributed by atoms with van der Waals surface area (Å²) in [4.78, 5) is 17.1. The van der Waals surface area contributed by atoms with Crippen LogP contribution in [0.25, 0.3) is 22.6 Å². The molecule has 0 bridgehead atoms. The quantitative estimate of drug-likeness (QED) is 0.398. The summed E-state index contributed by atoms with van der Waals surface area (Å²) in [6, 6.07) is 25.4. The van der Waals surface area contributed by atoms with Crippen LogP contribution >= 0.6 is 11.8 Å². The molecule has 0 unspecified atom stereocenters. The van der Waals surface area contributed by atoms with E-state index in [1.807, 2.05) is 78.9 Å². The highest BCUT2D eigenvalue weighted by atomic mass is 32.2. The topological polar surface area (TPSA) is 73.6 Å². The lowest BCUT2D eigenvalue weighted by Crippen LogP contribution is -2.24. The first-order valence-corrected chi connectivity index (χ1v) is 11.1. The van der Waals surface area contributed by atoms with Crippen LogP contribution in [0.15, 0.2) is 88.5 Å². The average Bonchev–Trinajstić information content (AvgIpc) is 3.49. The summed E-state index contributed by atoms with van der Waals surface area (Å²) >= 11 is 1.27. The molecule has 160 valence electrons. The van der Waals surface area contributed by atoms with Crippen LogP contribution in [0.2, 0.25) is 0 Å². The zero-order valence-electron chi connectivity index (χ0n) is 17.1. The van der Waals surface area contributed by atoms with E-state index >= 15 is 0 Å². The minimum absolute atomic E-state index is 0.103. The molecule has 0 saturated heterocycles. The number of nitrogens with one attached hydrogen (secondary N) is 1. The van der Waals surface area contributed by atoms with Gasteiger partial charge in [0, 0.05) is 17.7 Å². The molecule has 4 aromatic rings. The number of amides is 1. The summed E-state index contributed by atoms with van der Waals surface area (Å²) in [5.41, 5.74) is 3.62. The Balaban J connectivity index is 1.26. The van der Waals surface area contributed by atoms with Crippen LogP contribution in [0, 0.1) is 0 Å². The number of oxazole rings is 1. The maximum Gasteiger partial charge on any atom is 0.257 e. The predicted molar refractivity (Wildman–Crippen MR) is 123 cm³/mol. The van der Waals surface area contributed by atoms with Gasteiger partial charge in [-0.1, -0.05) is 78.5 Å². The first-order valence-electron chi connectivity index (χ1n) is 10.2. The van der Waals surface area contributed by atoms with Crippen molar-refractivity contribution in [3.63, 3.8) is 0 Å². The van der Waals surface area contributed by atoms with Gasteiger partial charge in [-0.15, -0.1) is 0 Å². The van der Waals surface area contributed by atoms with Gasteiger partial charge in [-0.25, -0.2) is 4.98 Å². The van der Waals surface area contributed by atoms with Gasteiger partial charge in [-0.2, -0.15) is 0 Å². The van der Waals surface area contributed by atoms with E-state index < -0.39 is 0 Å². The van der Waals surface area contributed by atoms with E-state index in [9.17, 15) is 4.79 Å². The fourth-order valence-corrected chi connectivity index (χ4v) is 4.02. The van der Waals surface area contributed by atoms with Crippen LogP contribution in [0.3, 0.4) is 0 Å². The summed E-state index contributed by atoms with van der Waals surface area (Å²) in [5.74, 6) is 2.22. The number of hydrogen-bond acceptors (Lipinski definition) is 6. The van der Waals surface area contributed by atoms with Crippen LogP contribution in [-0.4, -0.2) is 23.4 Å². The van der Waals surface area contributed by atoms with Crippen LogP contribution in [0.1, 0.15) is 5.56 Å². The number of ether oxygens (including phenoxy) is 2. The van der Waals surface area contributed by atoms with Gasteiger partial charge in [0.05, 0.1) is 5.75 Å². The molecule has 0 radical (unpaired) electrons. The third kappa shape index (κ3) is 4.48. The molecule has 1 N–H and O–H groups in total. The summed E-state index contributed by atoms with van der Waals surface area (Å²) in [7, 11) is 0. The first kappa shape index (κ1) is 20.2. The highest BCUT2D eigenvalue weighted by Gasteiger charge is 2.18. The monoisotopic (exact) mass is 444 g/mol. The van der Waals surface area contributed by atoms with Crippen molar-refractivity contribution in [1.29, 1.82) is 0 Å². The van der Waals surface area contributed by atoms with E-state index in [1.54, 1.807) is 0 Å². The Bertz CT molecular complexity index is 1170. The maximum absolute atomic E-state index is 12.4. The van der Waals surface area contributed by atoms with Crippen LogP contribution in [0.4, 0.5) is 0 Å². The first-order chi connectivity index (χ1) is 15.8. The maximum atomic E-state index is 12.4. The third-order valence-corrected chi connectivity index (χ3v) is 5.77. The van der Waals surface area contributed by atoms with Gasteiger partial charge in [-0.3, -0.25) is 4.79 Å². The third-order valence-electron chi connectivity index (χ3n) is 4.94. The lowest BCUT2D eigenvalue weighted by Gasteiger charge is -2.05. The summed E-state index contributed by atoms with van der Waals surface area (Å²) < 4.78 is 16.8. The second kappa shape index (κ2) is 9.20. The Labute approximate surface area is 189 Å². The molecular formula is C25H20N2O4S. The van der Waals surface area contributed by atoms with Crippen LogP contribution < -0.4 is 14.8 Å². The Hall–Kier alpha value is -3.71. The zero-order valence-corrected chi connectivity index (χ0v) is 17.9. The SMILES string of the molecule is O=C(CSc1nc(-c2ccccc2)c(-c2ccccc2)o1)NCc1ccc2c(c1)OCO2. The standard InChI is InChI=1S/C25H20N2O4S/c28-22(26-14-17-11-12-20-21(13-17)30-16-29-20)15-32-25-27-23(18-7-3-1-4-8-18)24(31-25)19-9-5-2-6-10-19/h1-13H,14-16H2,(H,26,28). The highest BCUT2D eigenvalue weighted by Crippen LogP contribution is 2.35. The number of thioether (sulfide) groups is 1. The zero-order chi connectivity index (χ0) is 21.8. The van der Waals surface area contributed by atoms with E-state index in [-0.39, 0.29) is 18.5 Å². The van der Waals surface area contributed by atoms with Gasteiger partial charge in [0.15, 0.2) is 17.3 Å². The molecule has 1 aliphatic heterocycles. The minimum atomic E-state index is -0.103. The molecule has 0 atom stereocenters. The number of benzene rings is 3. The number of fused-ring (bicyclic) bond motifs is 1. The van der Waals surface area contributed by atoms with Crippen molar-refractivity contribution in [3.05, 3.63) is 84.4 Å². The highest BCUT2D eigenvalue weighted by molar-refractivity contribution is 7.99. The van der Waals surface area contributed by atoms with Gasteiger partial charge in [0.1, 0.15) is 5.69 Å². The lowest BCUT2D eigenvalue weighted by molar-refractivity contribution is -0.118. The van der Waals surface area contributed by atoms with Crippen molar-refractivity contribution < 1.29 is 18.7 Å². The van der Waals surface area contributed by atoms with Crippen LogP contribution in [-0.2, 0) is 11.3 Å². The van der Waals surface area contributed by atoms with Gasteiger partial charge >= 0.3 is 0 Å². The molecule has 6 nitrogen and oxygen atoms in total. The van der Waals surface area contributed by atoms with E-state index in [2.05, 4.69) is 10.3 Å². The normalized spacial score (nSPS) is 12.0. The van der Waals surface area contributed by atoms with Crippen molar-refractivity contribution in [3.8, 4) is 34.1 Å². The molecule has 7 heteroatoms. The molecule has 2 heterocycles. The lowest BCUT2D eigenvalue weighted by atomic mass is 10.1. The van der Waals surface area contributed by atoms with E-state index in [0.717, 1.165) is 28.1 Å². The summed E-state index contributed by atoms with van der Waals surface area (Å²) in [6.45, 7) is 0.639. The number of hydrogen-bond donors (Lipinski definition) is 1. The van der Waals surface area contributed by atoms with Gasteiger partial charge in [-0.05, 0) is 17.7 Å². The molecule has 0 aliphatic carbocycles. The molecule has 1 aliphatic rings. The van der Waals surface area contributed by atoms with Crippen molar-refractivity contribution in [2.45, 2.75) is 11.8 Å². The number of rotatable bonds is 7. The Kier molecular flexibility index (Phi) is 5.81. The second-order valence-corrected chi connectivity index (χ2v) is 8.07. The van der Waals surface area contributed by atoms with Gasteiger partial charge in [0.25, 0.3) is 5.22 Å². The number of nitrogens with zero attached hydrogens (tertiary/aromatic N) is 1. The largest absolute Gasteiger partial charge is 0.454 e. The van der Waals surface area contributed by atoms with E-state index in [0.29, 0.717) is 23.3 Å². The Morgan fingerprint density at radius 3 is 2.41 bits per heavy atom.